The molecule has 24 heavy (non-hydrogen) atoms. The third kappa shape index (κ3) is 2.66. The SMILES string of the molecule is CC1(c2cc(O)c(C(c3ccccc3)C3CC3)c(=O)o2)CCCC1. The van der Waals surface area contributed by atoms with Gasteiger partial charge in [-0.25, -0.2) is 4.79 Å². The topological polar surface area (TPSA) is 50.4 Å². The third-order valence-electron chi connectivity index (χ3n) is 5.83. The molecule has 1 N–H and O–H groups in total. The van der Waals surface area contributed by atoms with Crippen molar-refractivity contribution < 1.29 is 9.52 Å². The maximum Gasteiger partial charge on any atom is 0.343 e. The van der Waals surface area contributed by atoms with E-state index in [0.717, 1.165) is 44.1 Å². The Morgan fingerprint density at radius 2 is 1.83 bits per heavy atom. The molecule has 3 heteroatoms. The van der Waals surface area contributed by atoms with Gasteiger partial charge in [-0.1, -0.05) is 50.1 Å². The van der Waals surface area contributed by atoms with Gasteiger partial charge in [0, 0.05) is 17.4 Å². The van der Waals surface area contributed by atoms with E-state index in [1.807, 2.05) is 30.3 Å². The average Bonchev–Trinajstić information content (AvgIpc) is 3.31. The molecule has 1 heterocycles. The Kier molecular flexibility index (Phi) is 3.75. The van der Waals surface area contributed by atoms with Crippen molar-refractivity contribution in [2.75, 3.05) is 0 Å². The minimum Gasteiger partial charge on any atom is -0.507 e. The Hall–Kier alpha value is -2.03. The van der Waals surface area contributed by atoms with Crippen LogP contribution >= 0.6 is 0 Å². The van der Waals surface area contributed by atoms with Gasteiger partial charge in [0.2, 0.25) is 0 Å². The van der Waals surface area contributed by atoms with Crippen molar-refractivity contribution in [2.45, 2.75) is 56.8 Å². The van der Waals surface area contributed by atoms with Crippen molar-refractivity contribution in [2.24, 2.45) is 5.92 Å². The van der Waals surface area contributed by atoms with E-state index in [1.165, 1.54) is 0 Å². The number of benzene rings is 1. The zero-order valence-corrected chi connectivity index (χ0v) is 14.1. The molecular weight excluding hydrogens is 300 g/mol. The van der Waals surface area contributed by atoms with Crippen LogP contribution in [0.25, 0.3) is 0 Å². The summed E-state index contributed by atoms with van der Waals surface area (Å²) >= 11 is 0. The van der Waals surface area contributed by atoms with E-state index in [-0.39, 0.29) is 22.7 Å². The lowest BCUT2D eigenvalue weighted by atomic mass is 9.83. The third-order valence-corrected chi connectivity index (χ3v) is 5.83. The predicted octanol–water partition coefficient (Wildman–Crippen LogP) is 4.72. The van der Waals surface area contributed by atoms with Crippen molar-refractivity contribution in [1.82, 2.24) is 0 Å². The first kappa shape index (κ1) is 15.5. The lowest BCUT2D eigenvalue weighted by molar-refractivity contribution is 0.326. The molecule has 0 bridgehead atoms. The number of aromatic hydroxyl groups is 1. The van der Waals surface area contributed by atoms with Crippen molar-refractivity contribution in [3.8, 4) is 5.75 Å². The van der Waals surface area contributed by atoms with Crippen molar-refractivity contribution in [3.63, 3.8) is 0 Å². The van der Waals surface area contributed by atoms with Crippen LogP contribution in [0, 0.1) is 5.92 Å². The van der Waals surface area contributed by atoms with Gasteiger partial charge in [0.25, 0.3) is 0 Å². The van der Waals surface area contributed by atoms with Crippen LogP contribution in [-0.4, -0.2) is 5.11 Å². The van der Waals surface area contributed by atoms with Gasteiger partial charge in [0.1, 0.15) is 11.5 Å². The van der Waals surface area contributed by atoms with Crippen LogP contribution in [-0.2, 0) is 5.41 Å². The van der Waals surface area contributed by atoms with Gasteiger partial charge >= 0.3 is 5.63 Å². The van der Waals surface area contributed by atoms with E-state index in [9.17, 15) is 9.90 Å². The zero-order valence-electron chi connectivity index (χ0n) is 14.1. The molecule has 1 aromatic carbocycles. The minimum absolute atomic E-state index is 0.0621. The Bertz CT molecular complexity index is 780. The second-order valence-corrected chi connectivity index (χ2v) is 7.69. The minimum atomic E-state index is -0.362. The van der Waals surface area contributed by atoms with Gasteiger partial charge in [-0.05, 0) is 37.2 Å². The van der Waals surface area contributed by atoms with Gasteiger partial charge in [-0.15, -0.1) is 0 Å². The van der Waals surface area contributed by atoms with Gasteiger partial charge in [0.15, 0.2) is 0 Å². The van der Waals surface area contributed by atoms with E-state index in [2.05, 4.69) is 6.92 Å². The van der Waals surface area contributed by atoms with E-state index < -0.39 is 0 Å². The van der Waals surface area contributed by atoms with Crippen molar-refractivity contribution in [1.29, 1.82) is 0 Å². The highest BCUT2D eigenvalue weighted by molar-refractivity contribution is 5.42. The quantitative estimate of drug-likeness (QED) is 0.885. The lowest BCUT2D eigenvalue weighted by Gasteiger charge is -2.24. The first-order valence-corrected chi connectivity index (χ1v) is 9.01. The summed E-state index contributed by atoms with van der Waals surface area (Å²) in [4.78, 5) is 12.8. The Labute approximate surface area is 142 Å². The molecule has 2 aliphatic rings. The van der Waals surface area contributed by atoms with Crippen LogP contribution < -0.4 is 5.63 Å². The fraction of sp³-hybridized carbons (Fsp3) is 0.476. The summed E-state index contributed by atoms with van der Waals surface area (Å²) in [5.74, 6) is 1.12. The number of hydrogen-bond donors (Lipinski definition) is 1. The molecule has 126 valence electrons. The summed E-state index contributed by atoms with van der Waals surface area (Å²) in [5, 5.41) is 10.7. The van der Waals surface area contributed by atoms with Crippen LogP contribution in [0.3, 0.4) is 0 Å². The normalized spacial score (nSPS) is 20.9. The largest absolute Gasteiger partial charge is 0.507 e. The fourth-order valence-electron chi connectivity index (χ4n) is 4.24. The average molecular weight is 324 g/mol. The Morgan fingerprint density at radius 3 is 2.42 bits per heavy atom. The van der Waals surface area contributed by atoms with Crippen LogP contribution in [0.5, 0.6) is 5.75 Å². The van der Waals surface area contributed by atoms with Crippen molar-refractivity contribution >= 4 is 0 Å². The second kappa shape index (κ2) is 5.80. The summed E-state index contributed by atoms with van der Waals surface area (Å²) in [7, 11) is 0. The monoisotopic (exact) mass is 324 g/mol. The molecule has 0 radical (unpaired) electrons. The lowest BCUT2D eigenvalue weighted by Crippen LogP contribution is -2.22. The highest BCUT2D eigenvalue weighted by Gasteiger charge is 2.39. The molecule has 0 spiro atoms. The smallest absolute Gasteiger partial charge is 0.343 e. The molecule has 0 aliphatic heterocycles. The molecule has 2 saturated carbocycles. The molecule has 2 aliphatic carbocycles. The van der Waals surface area contributed by atoms with Crippen LogP contribution in [0.15, 0.2) is 45.6 Å². The Morgan fingerprint density at radius 1 is 1.17 bits per heavy atom. The van der Waals surface area contributed by atoms with E-state index in [0.29, 0.717) is 17.2 Å². The summed E-state index contributed by atoms with van der Waals surface area (Å²) in [5.41, 5.74) is 1.05. The van der Waals surface area contributed by atoms with Crippen molar-refractivity contribution in [3.05, 3.63) is 63.7 Å². The standard InChI is InChI=1S/C21H24O3/c1-21(11-5-6-12-21)17-13-16(22)19(20(23)24-17)18(15-9-10-15)14-7-3-2-4-8-14/h2-4,7-8,13,15,18,22H,5-6,9-12H2,1H3. The molecule has 3 nitrogen and oxygen atoms in total. The molecule has 1 atom stereocenters. The highest BCUT2D eigenvalue weighted by Crippen LogP contribution is 2.48. The Balaban J connectivity index is 1.79. The maximum absolute atomic E-state index is 12.8. The summed E-state index contributed by atoms with van der Waals surface area (Å²) < 4.78 is 5.74. The van der Waals surface area contributed by atoms with Crippen LogP contribution in [0.4, 0.5) is 0 Å². The van der Waals surface area contributed by atoms with Gasteiger partial charge in [0.05, 0.1) is 5.56 Å². The first-order valence-electron chi connectivity index (χ1n) is 9.01. The predicted molar refractivity (Wildman–Crippen MR) is 93.5 cm³/mol. The number of hydrogen-bond acceptors (Lipinski definition) is 3. The molecule has 0 saturated heterocycles. The van der Waals surface area contributed by atoms with E-state index >= 15 is 0 Å². The molecule has 2 fully saturated rings. The number of rotatable bonds is 4. The molecule has 1 unspecified atom stereocenters. The van der Waals surface area contributed by atoms with Gasteiger partial charge < -0.3 is 9.52 Å². The first-order chi connectivity index (χ1) is 11.6. The van der Waals surface area contributed by atoms with Gasteiger partial charge in [-0.2, -0.15) is 0 Å². The van der Waals surface area contributed by atoms with E-state index in [1.54, 1.807) is 6.07 Å². The van der Waals surface area contributed by atoms with Gasteiger partial charge in [-0.3, -0.25) is 0 Å². The van der Waals surface area contributed by atoms with Crippen LogP contribution in [0.2, 0.25) is 0 Å². The molecule has 0 amide bonds. The second-order valence-electron chi connectivity index (χ2n) is 7.69. The molecule has 4 rings (SSSR count). The maximum atomic E-state index is 12.8. The highest BCUT2D eigenvalue weighted by atomic mass is 16.4. The molecular formula is C21H24O3. The summed E-state index contributed by atoms with van der Waals surface area (Å²) in [6.45, 7) is 2.13. The molecule has 1 aromatic heterocycles. The fourth-order valence-corrected chi connectivity index (χ4v) is 4.24. The zero-order chi connectivity index (χ0) is 16.7. The van der Waals surface area contributed by atoms with Crippen LogP contribution in [0.1, 0.15) is 68.3 Å². The summed E-state index contributed by atoms with van der Waals surface area (Å²) in [6, 6.07) is 11.7. The molecule has 2 aromatic rings. The summed E-state index contributed by atoms with van der Waals surface area (Å²) in [6.07, 6.45) is 6.52. The van der Waals surface area contributed by atoms with E-state index in [4.69, 9.17) is 4.42 Å².